The number of hydrogen-bond donors (Lipinski definition) is 1. The molecule has 0 saturated heterocycles. The molecule has 2 rings (SSSR count). The van der Waals surface area contributed by atoms with Gasteiger partial charge >= 0.3 is 0 Å². The number of benzene rings is 1. The molecule has 1 aromatic rings. The van der Waals surface area contributed by atoms with Crippen LogP contribution in [0.1, 0.15) is 50.7 Å². The van der Waals surface area contributed by atoms with Gasteiger partial charge < -0.3 is 5.32 Å². The minimum absolute atomic E-state index is 0.358. The number of nitrogens with zero attached hydrogens (tertiary/aromatic N) is 1. The molecule has 0 bridgehead atoms. The van der Waals surface area contributed by atoms with Crippen molar-refractivity contribution in [3.63, 3.8) is 0 Å². The molecule has 0 radical (unpaired) electrons. The molecule has 1 saturated carbocycles. The molecule has 102 valence electrons. The van der Waals surface area contributed by atoms with Gasteiger partial charge in [0.25, 0.3) is 0 Å². The second kappa shape index (κ2) is 5.94. The Morgan fingerprint density at radius 3 is 2.84 bits per heavy atom. The normalized spacial score (nSPS) is 21.9. The van der Waals surface area contributed by atoms with Crippen molar-refractivity contribution < 1.29 is 0 Å². The Morgan fingerprint density at radius 1 is 1.42 bits per heavy atom. The van der Waals surface area contributed by atoms with E-state index in [4.69, 9.17) is 16.9 Å². The van der Waals surface area contributed by atoms with E-state index in [1.165, 1.54) is 25.7 Å². The van der Waals surface area contributed by atoms with Crippen LogP contribution in [0.5, 0.6) is 0 Å². The van der Waals surface area contributed by atoms with Crippen LogP contribution in [0.3, 0.4) is 0 Å². The van der Waals surface area contributed by atoms with Crippen LogP contribution in [0.25, 0.3) is 0 Å². The van der Waals surface area contributed by atoms with Crippen molar-refractivity contribution in [2.45, 2.75) is 52.1 Å². The Labute approximate surface area is 120 Å². The highest BCUT2D eigenvalue weighted by Gasteiger charge is 2.31. The molecule has 19 heavy (non-hydrogen) atoms. The lowest BCUT2D eigenvalue weighted by Gasteiger charge is -2.39. The average molecular weight is 277 g/mol. The zero-order chi connectivity index (χ0) is 13.9. The Morgan fingerprint density at radius 2 is 2.21 bits per heavy atom. The van der Waals surface area contributed by atoms with Crippen molar-refractivity contribution in [3.05, 3.63) is 34.3 Å². The second-order valence-electron chi connectivity index (χ2n) is 6.09. The summed E-state index contributed by atoms with van der Waals surface area (Å²) in [5.41, 5.74) is 2.05. The van der Waals surface area contributed by atoms with E-state index in [0.29, 0.717) is 22.0 Å². The number of halogens is 1. The van der Waals surface area contributed by atoms with Crippen molar-refractivity contribution in [1.29, 1.82) is 5.26 Å². The van der Waals surface area contributed by atoms with Gasteiger partial charge in [-0.15, -0.1) is 0 Å². The Balaban J connectivity index is 2.01. The molecule has 1 unspecified atom stereocenters. The molecule has 0 spiro atoms. The van der Waals surface area contributed by atoms with E-state index < -0.39 is 0 Å². The molecule has 1 aromatic carbocycles. The highest BCUT2D eigenvalue weighted by atomic mass is 35.5. The minimum Gasteiger partial charge on any atom is -0.309 e. The summed E-state index contributed by atoms with van der Waals surface area (Å²) in [6, 6.07) is 8.17. The van der Waals surface area contributed by atoms with Gasteiger partial charge in [0.2, 0.25) is 0 Å². The maximum absolute atomic E-state index is 8.83. The van der Waals surface area contributed by atoms with Crippen LogP contribution in [0.2, 0.25) is 5.02 Å². The van der Waals surface area contributed by atoms with Crippen molar-refractivity contribution in [2.24, 2.45) is 5.41 Å². The van der Waals surface area contributed by atoms with Gasteiger partial charge in [0.05, 0.1) is 11.6 Å². The standard InChI is InChI=1S/C16H21ClN2/c1-16(2)8-4-3-5-15(16)19-11-13-7-6-12(10-18)9-14(13)17/h6-7,9,15,19H,3-5,8,11H2,1-2H3. The molecule has 0 amide bonds. The van der Waals surface area contributed by atoms with E-state index in [0.717, 1.165) is 12.1 Å². The molecule has 0 heterocycles. The fraction of sp³-hybridized carbons (Fsp3) is 0.562. The summed E-state index contributed by atoms with van der Waals surface area (Å²) >= 11 is 6.21. The van der Waals surface area contributed by atoms with Crippen molar-refractivity contribution in [1.82, 2.24) is 5.32 Å². The van der Waals surface area contributed by atoms with Crippen LogP contribution in [0.15, 0.2) is 18.2 Å². The maximum atomic E-state index is 8.83. The summed E-state index contributed by atoms with van der Waals surface area (Å²) in [6.07, 6.45) is 5.16. The molecule has 1 aliphatic rings. The summed E-state index contributed by atoms with van der Waals surface area (Å²) in [6.45, 7) is 5.45. The topological polar surface area (TPSA) is 35.8 Å². The number of rotatable bonds is 3. The smallest absolute Gasteiger partial charge is 0.0992 e. The lowest BCUT2D eigenvalue weighted by Crippen LogP contribution is -2.43. The summed E-state index contributed by atoms with van der Waals surface area (Å²) in [5, 5.41) is 13.2. The van der Waals surface area contributed by atoms with Gasteiger partial charge in [0.1, 0.15) is 0 Å². The van der Waals surface area contributed by atoms with Crippen LogP contribution in [0, 0.1) is 16.7 Å². The third kappa shape index (κ3) is 3.49. The number of nitriles is 1. The first-order chi connectivity index (χ1) is 9.03. The highest BCUT2D eigenvalue weighted by molar-refractivity contribution is 6.31. The quantitative estimate of drug-likeness (QED) is 0.895. The van der Waals surface area contributed by atoms with Crippen LogP contribution in [0.4, 0.5) is 0 Å². The first kappa shape index (κ1) is 14.4. The summed E-state index contributed by atoms with van der Waals surface area (Å²) in [5.74, 6) is 0. The third-order valence-electron chi connectivity index (χ3n) is 4.23. The molecule has 1 fully saturated rings. The molecule has 1 N–H and O–H groups in total. The summed E-state index contributed by atoms with van der Waals surface area (Å²) < 4.78 is 0. The zero-order valence-corrected chi connectivity index (χ0v) is 12.4. The molecule has 3 heteroatoms. The molecule has 1 aliphatic carbocycles. The monoisotopic (exact) mass is 276 g/mol. The second-order valence-corrected chi connectivity index (χ2v) is 6.49. The predicted molar refractivity (Wildman–Crippen MR) is 79.0 cm³/mol. The van der Waals surface area contributed by atoms with Crippen LogP contribution in [-0.2, 0) is 6.54 Å². The molecule has 1 atom stereocenters. The van der Waals surface area contributed by atoms with Gasteiger partial charge in [-0.1, -0.05) is 44.4 Å². The van der Waals surface area contributed by atoms with Gasteiger partial charge in [0, 0.05) is 17.6 Å². The van der Waals surface area contributed by atoms with Crippen LogP contribution < -0.4 is 5.32 Å². The Hall–Kier alpha value is -1.04. The fourth-order valence-corrected chi connectivity index (χ4v) is 3.11. The molecular weight excluding hydrogens is 256 g/mol. The lowest BCUT2D eigenvalue weighted by molar-refractivity contribution is 0.167. The largest absolute Gasteiger partial charge is 0.309 e. The molecule has 2 nitrogen and oxygen atoms in total. The van der Waals surface area contributed by atoms with E-state index in [1.807, 2.05) is 12.1 Å². The molecule has 0 aliphatic heterocycles. The van der Waals surface area contributed by atoms with Gasteiger partial charge in [-0.3, -0.25) is 0 Å². The van der Waals surface area contributed by atoms with E-state index in [9.17, 15) is 0 Å². The van der Waals surface area contributed by atoms with E-state index in [1.54, 1.807) is 6.07 Å². The van der Waals surface area contributed by atoms with Crippen LogP contribution in [-0.4, -0.2) is 6.04 Å². The van der Waals surface area contributed by atoms with Crippen molar-refractivity contribution in [2.75, 3.05) is 0 Å². The van der Waals surface area contributed by atoms with Crippen molar-refractivity contribution >= 4 is 11.6 Å². The van der Waals surface area contributed by atoms with Crippen molar-refractivity contribution in [3.8, 4) is 6.07 Å². The SMILES string of the molecule is CC1(C)CCCCC1NCc1ccc(C#N)cc1Cl. The first-order valence-corrected chi connectivity index (χ1v) is 7.32. The predicted octanol–water partition coefficient (Wildman–Crippen LogP) is 4.27. The number of hydrogen-bond acceptors (Lipinski definition) is 2. The van der Waals surface area contributed by atoms with Crippen LogP contribution >= 0.6 is 11.6 Å². The van der Waals surface area contributed by atoms with Gasteiger partial charge in [-0.25, -0.2) is 0 Å². The van der Waals surface area contributed by atoms with E-state index >= 15 is 0 Å². The molecular formula is C16H21ClN2. The maximum Gasteiger partial charge on any atom is 0.0992 e. The zero-order valence-electron chi connectivity index (χ0n) is 11.7. The lowest BCUT2D eigenvalue weighted by atomic mass is 9.73. The minimum atomic E-state index is 0.358. The Bertz CT molecular complexity index is 488. The van der Waals surface area contributed by atoms with E-state index in [2.05, 4.69) is 25.2 Å². The van der Waals surface area contributed by atoms with Gasteiger partial charge in [-0.2, -0.15) is 5.26 Å². The third-order valence-corrected chi connectivity index (χ3v) is 4.58. The summed E-state index contributed by atoms with van der Waals surface area (Å²) in [7, 11) is 0. The van der Waals surface area contributed by atoms with E-state index in [-0.39, 0.29) is 0 Å². The summed E-state index contributed by atoms with van der Waals surface area (Å²) in [4.78, 5) is 0. The molecule has 0 aromatic heterocycles. The van der Waals surface area contributed by atoms with Gasteiger partial charge in [0.15, 0.2) is 0 Å². The fourth-order valence-electron chi connectivity index (χ4n) is 2.87. The van der Waals surface area contributed by atoms with Gasteiger partial charge in [-0.05, 0) is 36.0 Å². The first-order valence-electron chi connectivity index (χ1n) is 6.95. The Kier molecular flexibility index (Phi) is 4.50. The number of nitrogens with one attached hydrogen (secondary N) is 1. The average Bonchev–Trinajstić information content (AvgIpc) is 2.38. The highest BCUT2D eigenvalue weighted by Crippen LogP contribution is 2.35.